The number of hydrogen-bond acceptors (Lipinski definition) is 8. The monoisotopic (exact) mass is 684 g/mol. The van der Waals surface area contributed by atoms with Crippen LogP contribution < -0.4 is 26.6 Å². The van der Waals surface area contributed by atoms with Crippen LogP contribution in [0.1, 0.15) is 66.2 Å². The van der Waals surface area contributed by atoms with E-state index in [-0.39, 0.29) is 31.2 Å². The van der Waals surface area contributed by atoms with E-state index in [4.69, 9.17) is 0 Å². The van der Waals surface area contributed by atoms with Crippen LogP contribution in [0.25, 0.3) is 0 Å². The van der Waals surface area contributed by atoms with Gasteiger partial charge < -0.3 is 31.5 Å². The average molecular weight is 685 g/mol. The van der Waals surface area contributed by atoms with Crippen molar-refractivity contribution in [1.82, 2.24) is 31.5 Å². The summed E-state index contributed by atoms with van der Waals surface area (Å²) in [6.45, 7) is 7.05. The second kappa shape index (κ2) is 16.3. The first-order valence-electron chi connectivity index (χ1n) is 15.8. The summed E-state index contributed by atoms with van der Waals surface area (Å²) in [5, 5.41) is 14.2. The van der Waals surface area contributed by atoms with Gasteiger partial charge in [-0.2, -0.15) is 11.8 Å². The SMILES string of the molecule is CSCC[C@@H]1NC(=O)C[C@@H](c2ccccc2)NC(=O)[C@H](C)NC(=O)[C@@H]2C[C@H](NC(=O)c3ccc(C)s3)CN2C(=O)[C@H](C(C)C)NC1=O. The van der Waals surface area contributed by atoms with Gasteiger partial charge in [-0.1, -0.05) is 44.2 Å². The van der Waals surface area contributed by atoms with Crippen molar-refractivity contribution in [2.75, 3.05) is 18.6 Å². The lowest BCUT2D eigenvalue weighted by Gasteiger charge is -2.32. The number of thiophene rings is 1. The number of amides is 6. The fourth-order valence-corrected chi connectivity index (χ4v) is 6.99. The van der Waals surface area contributed by atoms with Crippen LogP contribution in [0.3, 0.4) is 0 Å². The van der Waals surface area contributed by atoms with Crippen molar-refractivity contribution in [1.29, 1.82) is 0 Å². The fourth-order valence-electron chi connectivity index (χ4n) is 5.74. The molecule has 47 heavy (non-hydrogen) atoms. The quantitative estimate of drug-likeness (QED) is 0.297. The van der Waals surface area contributed by atoms with E-state index < -0.39 is 65.8 Å². The van der Waals surface area contributed by atoms with Crippen molar-refractivity contribution in [2.24, 2.45) is 5.92 Å². The van der Waals surface area contributed by atoms with E-state index in [0.717, 1.165) is 4.88 Å². The molecule has 2 fully saturated rings. The molecule has 2 aliphatic heterocycles. The van der Waals surface area contributed by atoms with Crippen LogP contribution in [-0.2, 0) is 24.0 Å². The molecule has 0 radical (unpaired) electrons. The summed E-state index contributed by atoms with van der Waals surface area (Å²) in [7, 11) is 0. The summed E-state index contributed by atoms with van der Waals surface area (Å²) in [5.74, 6) is -2.61. The Kier molecular flexibility index (Phi) is 12.4. The third-order valence-electron chi connectivity index (χ3n) is 8.34. The number of benzene rings is 1. The summed E-state index contributed by atoms with van der Waals surface area (Å²) in [6.07, 6.45) is 2.20. The van der Waals surface area contributed by atoms with E-state index in [1.54, 1.807) is 44.2 Å². The lowest BCUT2D eigenvalue weighted by Crippen LogP contribution is -2.59. The standard InChI is InChI=1S/C33H44N6O6S2/c1-18(2)28-33(45)39-17-22(35-32(44)26-12-11-19(3)47-26)15-25(39)31(43)34-20(4)29(41)37-24(21-9-7-6-8-10-21)16-27(40)36-23(13-14-46-5)30(42)38-28/h6-12,18,20,22-25,28H,13-17H2,1-5H3,(H,34,43)(H,35,44)(H,36,40)(H,37,41)(H,38,42)/t20-,22-,23-,24-,25-,28-/m0/s1. The Labute approximate surface area is 283 Å². The Morgan fingerprint density at radius 3 is 2.34 bits per heavy atom. The molecule has 1 aromatic heterocycles. The average Bonchev–Trinajstić information content (AvgIpc) is 3.67. The largest absolute Gasteiger partial charge is 0.347 e. The molecule has 0 unspecified atom stereocenters. The number of nitrogens with zero attached hydrogens (tertiary/aromatic N) is 1. The fraction of sp³-hybridized carbons (Fsp3) is 0.515. The predicted molar refractivity (Wildman–Crippen MR) is 182 cm³/mol. The topological polar surface area (TPSA) is 166 Å². The van der Waals surface area contributed by atoms with E-state index in [2.05, 4.69) is 26.6 Å². The number of carbonyl (C=O) groups is 6. The second-order valence-electron chi connectivity index (χ2n) is 12.4. The first-order valence-corrected chi connectivity index (χ1v) is 18.0. The minimum absolute atomic E-state index is 0.0371. The Morgan fingerprint density at radius 1 is 0.979 bits per heavy atom. The van der Waals surface area contributed by atoms with Crippen molar-refractivity contribution in [3.05, 3.63) is 57.8 Å². The number of aryl methyl sites for hydroxylation is 1. The van der Waals surface area contributed by atoms with Crippen LogP contribution in [-0.4, -0.2) is 89.1 Å². The highest BCUT2D eigenvalue weighted by atomic mass is 32.2. The first-order chi connectivity index (χ1) is 22.4. The molecule has 0 saturated carbocycles. The summed E-state index contributed by atoms with van der Waals surface area (Å²) in [5.41, 5.74) is 0.688. The molecule has 6 atom stereocenters. The Hall–Kier alpha value is -3.91. The van der Waals surface area contributed by atoms with Gasteiger partial charge >= 0.3 is 0 Å². The number of fused-ring (bicyclic) bond motifs is 1. The lowest BCUT2D eigenvalue weighted by atomic mass is 10.0. The van der Waals surface area contributed by atoms with Crippen molar-refractivity contribution in [3.8, 4) is 0 Å². The third-order valence-corrected chi connectivity index (χ3v) is 9.98. The van der Waals surface area contributed by atoms with Crippen LogP contribution >= 0.6 is 23.1 Å². The minimum atomic E-state index is -1.01. The molecule has 0 spiro atoms. The van der Waals surface area contributed by atoms with Gasteiger partial charge in [0.15, 0.2) is 0 Å². The number of carbonyl (C=O) groups excluding carboxylic acids is 6. The van der Waals surface area contributed by atoms with E-state index >= 15 is 0 Å². The molecule has 1 aromatic carbocycles. The molecule has 14 heteroatoms. The van der Waals surface area contributed by atoms with Crippen molar-refractivity contribution >= 4 is 58.5 Å². The number of hydrogen-bond donors (Lipinski definition) is 5. The summed E-state index contributed by atoms with van der Waals surface area (Å²) in [6, 6.07) is 7.35. The van der Waals surface area contributed by atoms with Gasteiger partial charge in [-0.05, 0) is 62.3 Å². The van der Waals surface area contributed by atoms with Gasteiger partial charge in [0.05, 0.1) is 17.3 Å². The molecule has 254 valence electrons. The van der Waals surface area contributed by atoms with Crippen LogP contribution in [0.4, 0.5) is 0 Å². The van der Waals surface area contributed by atoms with Gasteiger partial charge in [0.2, 0.25) is 29.5 Å². The first kappa shape index (κ1) is 35.9. The minimum Gasteiger partial charge on any atom is -0.347 e. The zero-order chi connectivity index (χ0) is 34.2. The molecule has 0 aliphatic carbocycles. The maximum Gasteiger partial charge on any atom is 0.261 e. The summed E-state index contributed by atoms with van der Waals surface area (Å²) in [4.78, 5) is 84.2. The Balaban J connectivity index is 1.67. The lowest BCUT2D eigenvalue weighted by molar-refractivity contribution is -0.143. The van der Waals surface area contributed by atoms with Gasteiger partial charge in [0.25, 0.3) is 5.91 Å². The molecule has 0 bridgehead atoms. The molecule has 4 rings (SSSR count). The maximum absolute atomic E-state index is 14.1. The van der Waals surface area contributed by atoms with Crippen molar-refractivity contribution in [3.63, 3.8) is 0 Å². The van der Waals surface area contributed by atoms with E-state index in [0.29, 0.717) is 22.6 Å². The number of nitrogens with one attached hydrogen (secondary N) is 5. The van der Waals surface area contributed by atoms with Gasteiger partial charge in [-0.3, -0.25) is 28.8 Å². The van der Waals surface area contributed by atoms with E-state index in [1.807, 2.05) is 25.3 Å². The van der Waals surface area contributed by atoms with E-state index in [1.165, 1.54) is 34.9 Å². The summed E-state index contributed by atoms with van der Waals surface area (Å²) < 4.78 is 0. The highest BCUT2D eigenvalue weighted by Gasteiger charge is 2.44. The molecular weight excluding hydrogens is 641 g/mol. The van der Waals surface area contributed by atoms with Crippen LogP contribution in [0, 0.1) is 12.8 Å². The molecule has 2 saturated heterocycles. The van der Waals surface area contributed by atoms with Gasteiger partial charge in [0.1, 0.15) is 24.2 Å². The van der Waals surface area contributed by atoms with Crippen molar-refractivity contribution in [2.45, 2.75) is 83.2 Å². The summed E-state index contributed by atoms with van der Waals surface area (Å²) >= 11 is 2.86. The zero-order valence-electron chi connectivity index (χ0n) is 27.3. The van der Waals surface area contributed by atoms with Crippen LogP contribution in [0.5, 0.6) is 0 Å². The Morgan fingerprint density at radius 2 is 1.70 bits per heavy atom. The zero-order valence-corrected chi connectivity index (χ0v) is 29.0. The predicted octanol–water partition coefficient (Wildman–Crippen LogP) is 1.90. The van der Waals surface area contributed by atoms with Crippen LogP contribution in [0.15, 0.2) is 42.5 Å². The van der Waals surface area contributed by atoms with E-state index in [9.17, 15) is 28.8 Å². The maximum atomic E-state index is 14.1. The molecule has 3 heterocycles. The molecule has 6 amide bonds. The molecule has 12 nitrogen and oxygen atoms in total. The van der Waals surface area contributed by atoms with Gasteiger partial charge in [-0.15, -0.1) is 11.3 Å². The van der Waals surface area contributed by atoms with Crippen LogP contribution in [0.2, 0.25) is 0 Å². The molecule has 2 aromatic rings. The van der Waals surface area contributed by atoms with Gasteiger partial charge in [0, 0.05) is 17.5 Å². The third kappa shape index (κ3) is 9.34. The smallest absolute Gasteiger partial charge is 0.261 e. The molecule has 5 N–H and O–H groups in total. The molecule has 2 aliphatic rings. The highest BCUT2D eigenvalue weighted by molar-refractivity contribution is 7.98. The van der Waals surface area contributed by atoms with Crippen molar-refractivity contribution < 1.29 is 28.8 Å². The normalized spacial score (nSPS) is 26.3. The second-order valence-corrected chi connectivity index (χ2v) is 14.6. The highest BCUT2D eigenvalue weighted by Crippen LogP contribution is 2.24. The Bertz CT molecular complexity index is 1470. The number of thioether (sulfide) groups is 1. The van der Waals surface area contributed by atoms with Gasteiger partial charge in [-0.25, -0.2) is 0 Å². The number of rotatable bonds is 7. The molecular formula is C33H44N6O6S2.